The number of carbonyl (C=O) groups excluding carboxylic acids is 1. The van der Waals surface area contributed by atoms with Gasteiger partial charge in [-0.1, -0.05) is 26.0 Å². The summed E-state index contributed by atoms with van der Waals surface area (Å²) < 4.78 is 0. The number of hydrogen-bond donors (Lipinski definition) is 2. The molecule has 0 radical (unpaired) electrons. The van der Waals surface area contributed by atoms with Crippen LogP contribution in [0, 0.1) is 0 Å². The number of rotatable bonds is 4. The van der Waals surface area contributed by atoms with E-state index in [2.05, 4.69) is 55.4 Å². The summed E-state index contributed by atoms with van der Waals surface area (Å²) in [6, 6.07) is 8.97. The Morgan fingerprint density at radius 3 is 2.62 bits per heavy atom. The van der Waals surface area contributed by atoms with Gasteiger partial charge in [0, 0.05) is 30.9 Å². The largest absolute Gasteiger partial charge is 0.325 e. The van der Waals surface area contributed by atoms with E-state index in [1.54, 1.807) is 0 Å². The number of hydrogen-bond acceptors (Lipinski definition) is 3. The lowest BCUT2D eigenvalue weighted by molar-refractivity contribution is -0.118. The molecule has 1 amide bonds. The molecule has 2 unspecified atom stereocenters. The van der Waals surface area contributed by atoms with Gasteiger partial charge in [0.05, 0.1) is 6.54 Å². The number of carbonyl (C=O) groups is 1. The van der Waals surface area contributed by atoms with Crippen LogP contribution in [0.15, 0.2) is 24.3 Å². The molecule has 0 aliphatic carbocycles. The number of nitrogens with zero attached hydrogens (tertiary/aromatic N) is 1. The predicted octanol–water partition coefficient (Wildman–Crippen LogP) is 2.43. The van der Waals surface area contributed by atoms with Crippen LogP contribution in [0.2, 0.25) is 0 Å². The average molecular weight is 289 g/mol. The van der Waals surface area contributed by atoms with Gasteiger partial charge in [-0.05, 0) is 37.5 Å². The standard InChI is InChI=1S/C17H27N3O/c1-12(2)15-5-7-16(8-6-15)19-17(21)11-20-10-13(3)18-9-14(20)4/h5-8,12-14,18H,9-11H2,1-4H3,(H,19,21). The number of anilines is 1. The van der Waals surface area contributed by atoms with Crippen molar-refractivity contribution in [3.63, 3.8) is 0 Å². The summed E-state index contributed by atoms with van der Waals surface area (Å²) in [6.07, 6.45) is 0. The molecule has 0 spiro atoms. The molecule has 0 saturated carbocycles. The fraction of sp³-hybridized carbons (Fsp3) is 0.588. The molecule has 1 aromatic carbocycles. The summed E-state index contributed by atoms with van der Waals surface area (Å²) in [6.45, 7) is 11.0. The molecule has 0 aromatic heterocycles. The minimum Gasteiger partial charge on any atom is -0.325 e. The Hall–Kier alpha value is -1.39. The van der Waals surface area contributed by atoms with Crippen molar-refractivity contribution >= 4 is 11.6 Å². The zero-order chi connectivity index (χ0) is 15.4. The fourth-order valence-corrected chi connectivity index (χ4v) is 2.65. The number of benzene rings is 1. The summed E-state index contributed by atoms with van der Waals surface area (Å²) in [4.78, 5) is 14.4. The third-order valence-electron chi connectivity index (χ3n) is 4.10. The van der Waals surface area contributed by atoms with Crippen molar-refractivity contribution in [2.24, 2.45) is 0 Å². The lowest BCUT2D eigenvalue weighted by Crippen LogP contribution is -2.55. The van der Waals surface area contributed by atoms with Crippen LogP contribution in [0.5, 0.6) is 0 Å². The van der Waals surface area contributed by atoms with Crippen LogP contribution < -0.4 is 10.6 Å². The van der Waals surface area contributed by atoms with Crippen LogP contribution in [-0.4, -0.2) is 42.5 Å². The Kier molecular flexibility index (Phi) is 5.37. The maximum atomic E-state index is 12.2. The highest BCUT2D eigenvalue weighted by molar-refractivity contribution is 5.92. The SMILES string of the molecule is CC1CN(CC(=O)Nc2ccc(C(C)C)cc2)C(C)CN1. The molecule has 2 rings (SSSR count). The highest BCUT2D eigenvalue weighted by atomic mass is 16.2. The third kappa shape index (κ3) is 4.55. The maximum absolute atomic E-state index is 12.2. The smallest absolute Gasteiger partial charge is 0.238 e. The van der Waals surface area contributed by atoms with Gasteiger partial charge in [0.15, 0.2) is 0 Å². The van der Waals surface area contributed by atoms with Crippen molar-refractivity contribution in [2.45, 2.75) is 45.7 Å². The molecule has 4 nitrogen and oxygen atoms in total. The summed E-state index contributed by atoms with van der Waals surface area (Å²) in [7, 11) is 0. The summed E-state index contributed by atoms with van der Waals surface area (Å²) in [5, 5.41) is 6.42. The van der Waals surface area contributed by atoms with Crippen LogP contribution in [0.1, 0.15) is 39.2 Å². The van der Waals surface area contributed by atoms with E-state index in [0.717, 1.165) is 18.8 Å². The monoisotopic (exact) mass is 289 g/mol. The zero-order valence-corrected chi connectivity index (χ0v) is 13.5. The number of amides is 1. The van der Waals surface area contributed by atoms with E-state index in [1.165, 1.54) is 5.56 Å². The maximum Gasteiger partial charge on any atom is 0.238 e. The summed E-state index contributed by atoms with van der Waals surface area (Å²) >= 11 is 0. The van der Waals surface area contributed by atoms with E-state index < -0.39 is 0 Å². The van der Waals surface area contributed by atoms with Gasteiger partial charge in [-0.2, -0.15) is 0 Å². The van der Waals surface area contributed by atoms with Crippen LogP contribution >= 0.6 is 0 Å². The molecule has 0 bridgehead atoms. The van der Waals surface area contributed by atoms with Gasteiger partial charge in [0.2, 0.25) is 5.91 Å². The Bertz CT molecular complexity index is 469. The molecule has 1 aliphatic rings. The van der Waals surface area contributed by atoms with E-state index in [0.29, 0.717) is 24.5 Å². The Morgan fingerprint density at radius 1 is 1.33 bits per heavy atom. The summed E-state index contributed by atoms with van der Waals surface area (Å²) in [5.41, 5.74) is 2.16. The predicted molar refractivity (Wildman–Crippen MR) is 87.7 cm³/mol. The molecule has 1 aromatic rings. The minimum absolute atomic E-state index is 0.0632. The van der Waals surface area contributed by atoms with Crippen molar-refractivity contribution in [3.05, 3.63) is 29.8 Å². The average Bonchev–Trinajstić information content (AvgIpc) is 2.43. The zero-order valence-electron chi connectivity index (χ0n) is 13.5. The quantitative estimate of drug-likeness (QED) is 0.895. The van der Waals surface area contributed by atoms with Crippen LogP contribution in [-0.2, 0) is 4.79 Å². The van der Waals surface area contributed by atoms with Crippen molar-refractivity contribution in [1.82, 2.24) is 10.2 Å². The lowest BCUT2D eigenvalue weighted by Gasteiger charge is -2.36. The second-order valence-corrected chi connectivity index (χ2v) is 6.41. The molecule has 4 heteroatoms. The van der Waals surface area contributed by atoms with Gasteiger partial charge in [0.25, 0.3) is 0 Å². The van der Waals surface area contributed by atoms with Gasteiger partial charge in [-0.25, -0.2) is 0 Å². The molecule has 116 valence electrons. The second-order valence-electron chi connectivity index (χ2n) is 6.41. The highest BCUT2D eigenvalue weighted by Gasteiger charge is 2.23. The van der Waals surface area contributed by atoms with Crippen LogP contribution in [0.3, 0.4) is 0 Å². The Balaban J connectivity index is 1.89. The van der Waals surface area contributed by atoms with Crippen molar-refractivity contribution < 1.29 is 4.79 Å². The normalized spacial score (nSPS) is 23.3. The first kappa shape index (κ1) is 16.0. The van der Waals surface area contributed by atoms with E-state index in [1.807, 2.05) is 12.1 Å². The van der Waals surface area contributed by atoms with Crippen molar-refractivity contribution in [3.8, 4) is 0 Å². The van der Waals surface area contributed by atoms with Crippen LogP contribution in [0.4, 0.5) is 5.69 Å². The van der Waals surface area contributed by atoms with Crippen LogP contribution in [0.25, 0.3) is 0 Å². The highest BCUT2D eigenvalue weighted by Crippen LogP contribution is 2.17. The number of nitrogens with one attached hydrogen (secondary N) is 2. The molecular weight excluding hydrogens is 262 g/mol. The van der Waals surface area contributed by atoms with Gasteiger partial charge >= 0.3 is 0 Å². The third-order valence-corrected chi connectivity index (χ3v) is 4.10. The molecule has 1 fully saturated rings. The van der Waals surface area contributed by atoms with Gasteiger partial charge in [-0.3, -0.25) is 9.69 Å². The number of piperazine rings is 1. The molecule has 1 heterocycles. The van der Waals surface area contributed by atoms with Gasteiger partial charge in [0.1, 0.15) is 0 Å². The minimum atomic E-state index is 0.0632. The molecule has 1 aliphatic heterocycles. The van der Waals surface area contributed by atoms with Crippen molar-refractivity contribution in [2.75, 3.05) is 25.0 Å². The Labute approximate surface area is 127 Å². The van der Waals surface area contributed by atoms with Gasteiger partial charge < -0.3 is 10.6 Å². The molecular formula is C17H27N3O. The molecule has 2 N–H and O–H groups in total. The summed E-state index contributed by atoms with van der Waals surface area (Å²) in [5.74, 6) is 0.575. The molecule has 21 heavy (non-hydrogen) atoms. The van der Waals surface area contributed by atoms with E-state index >= 15 is 0 Å². The van der Waals surface area contributed by atoms with Gasteiger partial charge in [-0.15, -0.1) is 0 Å². The Morgan fingerprint density at radius 2 is 2.00 bits per heavy atom. The van der Waals surface area contributed by atoms with Crippen molar-refractivity contribution in [1.29, 1.82) is 0 Å². The topological polar surface area (TPSA) is 44.4 Å². The molecule has 2 atom stereocenters. The lowest BCUT2D eigenvalue weighted by atomic mass is 10.0. The first-order valence-corrected chi connectivity index (χ1v) is 7.83. The van der Waals surface area contributed by atoms with E-state index in [9.17, 15) is 4.79 Å². The van der Waals surface area contributed by atoms with E-state index in [4.69, 9.17) is 0 Å². The first-order valence-electron chi connectivity index (χ1n) is 7.83. The second kappa shape index (κ2) is 7.05. The first-order chi connectivity index (χ1) is 9.95. The fourth-order valence-electron chi connectivity index (χ4n) is 2.65. The molecule has 1 saturated heterocycles. The van der Waals surface area contributed by atoms with E-state index in [-0.39, 0.29) is 5.91 Å².